The minimum absolute atomic E-state index is 0.0885. The first kappa shape index (κ1) is 15.3. The molecule has 0 bridgehead atoms. The van der Waals surface area contributed by atoms with Crippen LogP contribution in [0.2, 0.25) is 0 Å². The number of rotatable bonds is 1. The Bertz CT molecular complexity index is 516. The Kier molecular flexibility index (Phi) is 5.61. The maximum atomic E-state index is 12.6. The van der Waals surface area contributed by atoms with Gasteiger partial charge in [0.05, 0.1) is 0 Å². The smallest absolute Gasteiger partial charge is 0.207 e. The van der Waals surface area contributed by atoms with Crippen molar-refractivity contribution in [2.24, 2.45) is 0 Å². The fourth-order valence-corrected chi connectivity index (χ4v) is 1.41. The lowest BCUT2D eigenvalue weighted by Gasteiger charge is -1.97. The zero-order valence-corrected chi connectivity index (χ0v) is 11.3. The molecule has 0 saturated carbocycles. The predicted octanol–water partition coefficient (Wildman–Crippen LogP) is 5.38. The molecule has 0 fully saturated rings. The average molecular weight is 266 g/mol. The summed E-state index contributed by atoms with van der Waals surface area (Å²) in [5.74, 6) is -0.116. The van der Waals surface area contributed by atoms with Gasteiger partial charge >= 0.3 is 0 Å². The summed E-state index contributed by atoms with van der Waals surface area (Å²) in [6.07, 6.45) is -2.35. The van der Waals surface area contributed by atoms with E-state index in [1.165, 1.54) is 18.2 Å². The van der Waals surface area contributed by atoms with Gasteiger partial charge in [-0.05, 0) is 38.0 Å². The molecule has 102 valence electrons. The van der Waals surface area contributed by atoms with Crippen LogP contribution in [0.15, 0.2) is 42.5 Å². The van der Waals surface area contributed by atoms with E-state index >= 15 is 0 Å². The van der Waals surface area contributed by atoms with E-state index in [1.54, 1.807) is 25.1 Å². The Morgan fingerprint density at radius 3 is 1.74 bits per heavy atom. The summed E-state index contributed by atoms with van der Waals surface area (Å²) in [6.45, 7) is 5.51. The minimum atomic E-state index is -2.35. The molecule has 0 amide bonds. The molecule has 0 nitrogen and oxygen atoms in total. The molecule has 2 aromatic carbocycles. The van der Waals surface area contributed by atoms with Crippen molar-refractivity contribution in [2.45, 2.75) is 27.2 Å². The van der Waals surface area contributed by atoms with E-state index in [1.807, 2.05) is 19.9 Å². The second kappa shape index (κ2) is 6.98. The lowest BCUT2D eigenvalue weighted by molar-refractivity contribution is 0.151. The van der Waals surface area contributed by atoms with E-state index in [0.717, 1.165) is 11.1 Å². The second-order valence-corrected chi connectivity index (χ2v) is 4.46. The van der Waals surface area contributed by atoms with Crippen molar-refractivity contribution in [3.05, 3.63) is 70.5 Å². The Balaban J connectivity index is 0.000000191. The Morgan fingerprint density at radius 2 is 1.32 bits per heavy atom. The van der Waals surface area contributed by atoms with Crippen LogP contribution in [0.3, 0.4) is 0 Å². The van der Waals surface area contributed by atoms with Crippen LogP contribution in [0.4, 0.5) is 13.2 Å². The van der Waals surface area contributed by atoms with Gasteiger partial charge in [0.2, 0.25) is 0 Å². The first-order valence-electron chi connectivity index (χ1n) is 5.97. The van der Waals surface area contributed by atoms with Gasteiger partial charge in [-0.15, -0.1) is 0 Å². The molecule has 3 heteroatoms. The van der Waals surface area contributed by atoms with Gasteiger partial charge in [-0.3, -0.25) is 0 Å². The third kappa shape index (κ3) is 5.16. The Hall–Kier alpha value is -1.77. The van der Waals surface area contributed by atoms with Crippen LogP contribution in [-0.2, 0) is 0 Å². The summed E-state index contributed by atoms with van der Waals surface area (Å²) in [4.78, 5) is 0. The van der Waals surface area contributed by atoms with Crippen molar-refractivity contribution in [1.29, 1.82) is 0 Å². The molecule has 0 radical (unpaired) electrons. The summed E-state index contributed by atoms with van der Waals surface area (Å²) in [5, 5.41) is 0. The van der Waals surface area contributed by atoms with E-state index in [-0.39, 0.29) is 11.4 Å². The molecule has 0 aliphatic rings. The highest BCUT2D eigenvalue weighted by molar-refractivity contribution is 5.22. The molecule has 2 rings (SSSR count). The quantitative estimate of drug-likeness (QED) is 0.650. The zero-order chi connectivity index (χ0) is 14.4. The highest BCUT2D eigenvalue weighted by atomic mass is 19.3. The number of hydrogen-bond donors (Lipinski definition) is 0. The van der Waals surface area contributed by atoms with Gasteiger partial charge in [-0.2, -0.15) is 0 Å². The van der Waals surface area contributed by atoms with Crippen molar-refractivity contribution in [1.82, 2.24) is 0 Å². The van der Waals surface area contributed by atoms with Crippen LogP contribution in [0.1, 0.15) is 28.7 Å². The summed E-state index contributed by atoms with van der Waals surface area (Å²) in [7, 11) is 0. The molecule has 0 spiro atoms. The largest absolute Gasteiger partial charge is 0.263 e. The predicted molar refractivity (Wildman–Crippen MR) is 72.0 cm³/mol. The number of aryl methyl sites for hydroxylation is 3. The van der Waals surface area contributed by atoms with Crippen molar-refractivity contribution >= 4 is 0 Å². The molecule has 0 aliphatic heterocycles. The van der Waals surface area contributed by atoms with E-state index in [2.05, 4.69) is 0 Å². The molecule has 19 heavy (non-hydrogen) atoms. The van der Waals surface area contributed by atoms with Crippen molar-refractivity contribution in [3.63, 3.8) is 0 Å². The molecular weight excluding hydrogens is 249 g/mol. The monoisotopic (exact) mass is 266 g/mol. The average Bonchev–Trinajstić information content (AvgIpc) is 2.35. The van der Waals surface area contributed by atoms with Crippen molar-refractivity contribution in [2.75, 3.05) is 0 Å². The number of benzene rings is 2. The minimum Gasteiger partial charge on any atom is -0.207 e. The van der Waals surface area contributed by atoms with Crippen molar-refractivity contribution in [3.8, 4) is 0 Å². The summed E-state index contributed by atoms with van der Waals surface area (Å²) < 4.78 is 36.4. The molecule has 0 N–H and O–H groups in total. The van der Waals surface area contributed by atoms with Gasteiger partial charge in [-0.1, -0.05) is 42.0 Å². The topological polar surface area (TPSA) is 0 Å². The standard InChI is InChI=1S/C8H8F2.C8H9F/c1-6-2-4-7(5-3-6)8(9)10;1-6-3-4-7(2)8(9)5-6/h2-5,8H,1H3;3-5H,1-2H3. The molecule has 2 aromatic rings. The second-order valence-electron chi connectivity index (χ2n) is 4.46. The molecule has 0 heterocycles. The molecule has 0 saturated heterocycles. The highest BCUT2D eigenvalue weighted by Crippen LogP contribution is 2.18. The Labute approximate surface area is 111 Å². The molecule has 0 unspecified atom stereocenters. The first-order valence-corrected chi connectivity index (χ1v) is 5.97. The zero-order valence-electron chi connectivity index (χ0n) is 11.3. The molecule has 0 aliphatic carbocycles. The molecule has 0 aromatic heterocycles. The van der Waals surface area contributed by atoms with Gasteiger partial charge in [0.15, 0.2) is 0 Å². The van der Waals surface area contributed by atoms with Crippen LogP contribution in [0.5, 0.6) is 0 Å². The maximum absolute atomic E-state index is 12.6. The van der Waals surface area contributed by atoms with Crippen molar-refractivity contribution < 1.29 is 13.2 Å². The SMILES string of the molecule is Cc1ccc(C(F)F)cc1.Cc1ccc(C)c(F)c1. The van der Waals surface area contributed by atoms with Gasteiger partial charge in [0.1, 0.15) is 5.82 Å². The first-order chi connectivity index (χ1) is 8.90. The van der Waals surface area contributed by atoms with Gasteiger partial charge in [-0.25, -0.2) is 13.2 Å². The number of alkyl halides is 2. The fourth-order valence-electron chi connectivity index (χ4n) is 1.41. The van der Waals surface area contributed by atoms with Gasteiger partial charge in [0, 0.05) is 5.56 Å². The van der Waals surface area contributed by atoms with E-state index < -0.39 is 6.43 Å². The third-order valence-corrected chi connectivity index (χ3v) is 2.66. The van der Waals surface area contributed by atoms with E-state index in [4.69, 9.17) is 0 Å². The van der Waals surface area contributed by atoms with Crippen LogP contribution in [-0.4, -0.2) is 0 Å². The summed E-state index contributed by atoms with van der Waals surface area (Å²) in [5.41, 5.74) is 2.77. The van der Waals surface area contributed by atoms with E-state index in [9.17, 15) is 13.2 Å². The normalized spacial score (nSPS) is 10.1. The lowest BCUT2D eigenvalue weighted by atomic mass is 10.2. The van der Waals surface area contributed by atoms with Crippen LogP contribution < -0.4 is 0 Å². The summed E-state index contributed by atoms with van der Waals surface area (Å²) >= 11 is 0. The van der Waals surface area contributed by atoms with E-state index in [0.29, 0.717) is 5.56 Å². The van der Waals surface area contributed by atoms with Gasteiger partial charge in [0.25, 0.3) is 6.43 Å². The van der Waals surface area contributed by atoms with Crippen LogP contribution in [0, 0.1) is 26.6 Å². The third-order valence-electron chi connectivity index (χ3n) is 2.66. The molecule has 0 atom stereocenters. The maximum Gasteiger partial charge on any atom is 0.263 e. The van der Waals surface area contributed by atoms with Crippen LogP contribution in [0.25, 0.3) is 0 Å². The van der Waals surface area contributed by atoms with Crippen LogP contribution >= 0.6 is 0 Å². The number of hydrogen-bond acceptors (Lipinski definition) is 0. The fraction of sp³-hybridized carbons (Fsp3) is 0.250. The number of halogens is 3. The van der Waals surface area contributed by atoms with Gasteiger partial charge < -0.3 is 0 Å². The lowest BCUT2D eigenvalue weighted by Crippen LogP contribution is -1.82. The summed E-state index contributed by atoms with van der Waals surface area (Å²) in [6, 6.07) is 11.5. The molecular formula is C16H17F3. The highest BCUT2D eigenvalue weighted by Gasteiger charge is 2.03. The Morgan fingerprint density at radius 1 is 0.789 bits per heavy atom.